The summed E-state index contributed by atoms with van der Waals surface area (Å²) in [5, 5.41) is 7.42. The molecule has 1 aliphatic rings. The third kappa shape index (κ3) is 5.91. The maximum atomic E-state index is 5.53. The fourth-order valence-electron chi connectivity index (χ4n) is 3.42. The summed E-state index contributed by atoms with van der Waals surface area (Å²) in [5.74, 6) is 2.96. The monoisotopic (exact) mass is 531 g/mol. The molecule has 2 aromatic rings. The number of ether oxygens (including phenoxy) is 3. The predicted molar refractivity (Wildman–Crippen MR) is 125 cm³/mol. The summed E-state index contributed by atoms with van der Waals surface area (Å²) in [7, 11) is 6.70. The van der Waals surface area contributed by atoms with Crippen LogP contribution in [0.2, 0.25) is 0 Å². The molecule has 0 bridgehead atoms. The number of nitrogens with zero attached hydrogens (tertiary/aromatic N) is 4. The molecule has 1 saturated heterocycles. The molecule has 30 heavy (non-hydrogen) atoms. The molecule has 0 amide bonds. The van der Waals surface area contributed by atoms with Crippen LogP contribution in [0.5, 0.6) is 17.2 Å². The van der Waals surface area contributed by atoms with Crippen LogP contribution in [0.1, 0.15) is 11.3 Å². The molecule has 9 nitrogen and oxygen atoms in total. The molecular weight excluding hydrogens is 501 g/mol. The Kier molecular flexibility index (Phi) is 9.50. The van der Waals surface area contributed by atoms with Crippen molar-refractivity contribution in [2.45, 2.75) is 13.1 Å². The Morgan fingerprint density at radius 3 is 2.27 bits per heavy atom. The molecule has 1 N–H and O–H groups in total. The van der Waals surface area contributed by atoms with Crippen molar-refractivity contribution in [2.75, 3.05) is 54.6 Å². The summed E-state index contributed by atoms with van der Waals surface area (Å²) in [4.78, 5) is 9.06. The Morgan fingerprint density at radius 2 is 1.77 bits per heavy atom. The molecule has 0 unspecified atom stereocenters. The van der Waals surface area contributed by atoms with Gasteiger partial charge in [-0.1, -0.05) is 5.16 Å². The normalized spacial score (nSPS) is 14.8. The van der Waals surface area contributed by atoms with Crippen LogP contribution in [0.25, 0.3) is 0 Å². The van der Waals surface area contributed by atoms with Crippen molar-refractivity contribution < 1.29 is 18.7 Å². The van der Waals surface area contributed by atoms with E-state index in [9.17, 15) is 0 Å². The minimum absolute atomic E-state index is 0. The lowest BCUT2D eigenvalue weighted by Gasteiger charge is -2.36. The van der Waals surface area contributed by atoms with Crippen LogP contribution in [0, 0.1) is 0 Å². The summed E-state index contributed by atoms with van der Waals surface area (Å²) in [5.41, 5.74) is 1.88. The van der Waals surface area contributed by atoms with Crippen molar-refractivity contribution >= 4 is 29.9 Å². The molecule has 1 fully saturated rings. The number of aliphatic imine (C=N–C) groups is 1. The fraction of sp³-hybridized carbons (Fsp3) is 0.500. The van der Waals surface area contributed by atoms with E-state index in [-0.39, 0.29) is 24.0 Å². The Balaban J connectivity index is 0.00000320. The third-order valence-corrected chi connectivity index (χ3v) is 5.00. The van der Waals surface area contributed by atoms with Crippen molar-refractivity contribution in [3.05, 3.63) is 35.7 Å². The van der Waals surface area contributed by atoms with Crippen LogP contribution in [0.4, 0.5) is 0 Å². The SMILES string of the molecule is CN=C(NCc1c(OC)cc(OC)cc1OC)N1CCN(Cc2ccon2)CC1.I. The van der Waals surface area contributed by atoms with Crippen molar-refractivity contribution in [2.24, 2.45) is 4.99 Å². The summed E-state index contributed by atoms with van der Waals surface area (Å²) in [6.07, 6.45) is 1.61. The van der Waals surface area contributed by atoms with Gasteiger partial charge in [-0.05, 0) is 0 Å². The number of hydrogen-bond donors (Lipinski definition) is 1. The van der Waals surface area contributed by atoms with Gasteiger partial charge >= 0.3 is 0 Å². The molecule has 2 heterocycles. The molecule has 0 spiro atoms. The topological polar surface area (TPSA) is 84.6 Å². The van der Waals surface area contributed by atoms with Crippen LogP contribution in [-0.4, -0.2) is 75.5 Å². The van der Waals surface area contributed by atoms with E-state index in [4.69, 9.17) is 18.7 Å². The summed E-state index contributed by atoms with van der Waals surface area (Å²) < 4.78 is 21.3. The van der Waals surface area contributed by atoms with Gasteiger partial charge in [-0.15, -0.1) is 24.0 Å². The molecule has 3 rings (SSSR count). The van der Waals surface area contributed by atoms with E-state index in [0.717, 1.165) is 49.9 Å². The fourth-order valence-corrected chi connectivity index (χ4v) is 3.42. The molecule has 0 radical (unpaired) electrons. The van der Waals surface area contributed by atoms with E-state index in [1.165, 1.54) is 0 Å². The first-order valence-corrected chi connectivity index (χ1v) is 9.54. The minimum Gasteiger partial charge on any atom is -0.496 e. The number of methoxy groups -OCH3 is 3. The van der Waals surface area contributed by atoms with E-state index in [2.05, 4.69) is 25.3 Å². The van der Waals surface area contributed by atoms with Gasteiger partial charge in [0.15, 0.2) is 5.96 Å². The number of aromatic nitrogens is 1. The van der Waals surface area contributed by atoms with E-state index in [1.807, 2.05) is 18.2 Å². The van der Waals surface area contributed by atoms with Crippen LogP contribution in [0.15, 0.2) is 34.0 Å². The number of piperazine rings is 1. The average Bonchev–Trinajstić information content (AvgIpc) is 3.27. The van der Waals surface area contributed by atoms with Crippen LogP contribution >= 0.6 is 24.0 Å². The first-order chi connectivity index (χ1) is 14.2. The lowest BCUT2D eigenvalue weighted by Crippen LogP contribution is -2.52. The molecule has 0 aliphatic carbocycles. The van der Waals surface area contributed by atoms with Crippen molar-refractivity contribution in [1.29, 1.82) is 0 Å². The molecule has 0 atom stereocenters. The maximum absolute atomic E-state index is 5.53. The van der Waals surface area contributed by atoms with Crippen LogP contribution < -0.4 is 19.5 Å². The van der Waals surface area contributed by atoms with E-state index in [1.54, 1.807) is 34.6 Å². The molecule has 0 saturated carbocycles. The number of guanidine groups is 1. The predicted octanol–water partition coefficient (Wildman–Crippen LogP) is 2.21. The van der Waals surface area contributed by atoms with Gasteiger partial charge < -0.3 is 29.0 Å². The first-order valence-electron chi connectivity index (χ1n) is 9.54. The number of benzene rings is 1. The molecule has 10 heteroatoms. The van der Waals surface area contributed by atoms with Gasteiger partial charge in [0.2, 0.25) is 0 Å². The highest BCUT2D eigenvalue weighted by Gasteiger charge is 2.21. The van der Waals surface area contributed by atoms with Crippen molar-refractivity contribution in [3.63, 3.8) is 0 Å². The van der Waals surface area contributed by atoms with Gasteiger partial charge in [0.25, 0.3) is 0 Å². The summed E-state index contributed by atoms with van der Waals surface area (Å²) >= 11 is 0. The smallest absolute Gasteiger partial charge is 0.194 e. The lowest BCUT2D eigenvalue weighted by atomic mass is 10.1. The van der Waals surface area contributed by atoms with E-state index >= 15 is 0 Å². The van der Waals surface area contributed by atoms with Gasteiger partial charge in [-0.3, -0.25) is 9.89 Å². The quantitative estimate of drug-likeness (QED) is 0.331. The average molecular weight is 531 g/mol. The Bertz CT molecular complexity index is 783. The number of rotatable bonds is 7. The lowest BCUT2D eigenvalue weighted by molar-refractivity contribution is 0.169. The van der Waals surface area contributed by atoms with Crippen LogP contribution in [0.3, 0.4) is 0 Å². The zero-order valence-electron chi connectivity index (χ0n) is 17.9. The Hall–Kier alpha value is -2.21. The number of hydrogen-bond acceptors (Lipinski definition) is 7. The molecule has 1 aliphatic heterocycles. The van der Waals surface area contributed by atoms with Crippen molar-refractivity contribution in [1.82, 2.24) is 20.3 Å². The van der Waals surface area contributed by atoms with Crippen molar-refractivity contribution in [3.8, 4) is 17.2 Å². The Labute approximate surface area is 194 Å². The molecule has 1 aromatic carbocycles. The molecule has 1 aromatic heterocycles. The number of nitrogens with one attached hydrogen (secondary N) is 1. The van der Waals surface area contributed by atoms with Crippen LogP contribution in [-0.2, 0) is 13.1 Å². The number of halogens is 1. The minimum atomic E-state index is 0. The van der Waals surface area contributed by atoms with E-state index in [0.29, 0.717) is 23.8 Å². The largest absolute Gasteiger partial charge is 0.496 e. The van der Waals surface area contributed by atoms with Gasteiger partial charge in [-0.2, -0.15) is 0 Å². The first kappa shape index (κ1) is 24.1. The maximum Gasteiger partial charge on any atom is 0.194 e. The highest BCUT2D eigenvalue weighted by Crippen LogP contribution is 2.33. The summed E-state index contributed by atoms with van der Waals surface area (Å²) in [6.45, 7) is 4.97. The Morgan fingerprint density at radius 1 is 1.10 bits per heavy atom. The van der Waals surface area contributed by atoms with Gasteiger partial charge in [-0.25, -0.2) is 0 Å². The second-order valence-corrected chi connectivity index (χ2v) is 6.67. The second kappa shape index (κ2) is 11.8. The highest BCUT2D eigenvalue weighted by molar-refractivity contribution is 14.0. The standard InChI is InChI=1S/C20H29N5O4.HI/c1-21-20(25-8-6-24(7-9-25)14-15-5-10-29-23-15)22-13-17-18(27-3)11-16(26-2)12-19(17)28-4;/h5,10-12H,6-9,13-14H2,1-4H3,(H,21,22);1H. The summed E-state index contributed by atoms with van der Waals surface area (Å²) in [6, 6.07) is 5.61. The zero-order valence-corrected chi connectivity index (χ0v) is 20.2. The molecule has 166 valence electrons. The van der Waals surface area contributed by atoms with Gasteiger partial charge in [0.1, 0.15) is 23.5 Å². The molecular formula is C20H30IN5O4. The second-order valence-electron chi connectivity index (χ2n) is 6.67. The van der Waals surface area contributed by atoms with E-state index < -0.39 is 0 Å². The third-order valence-electron chi connectivity index (χ3n) is 5.00. The van der Waals surface area contributed by atoms with Gasteiger partial charge in [0.05, 0.1) is 39.1 Å². The zero-order chi connectivity index (χ0) is 20.6. The highest BCUT2D eigenvalue weighted by atomic mass is 127. The van der Waals surface area contributed by atoms with Gasteiger partial charge in [0, 0.05) is 58.0 Å².